The number of aliphatic hydroxyl groups is 6. The SMILES string of the molecule is CC.CC(C)C(O)(O)C12CC(=C(F)F)C(O)(O)N1C(O)(O)CC21CC1. The molecule has 3 aliphatic rings. The lowest BCUT2D eigenvalue weighted by Crippen LogP contribution is -2.71. The topological polar surface area (TPSA) is 125 Å². The van der Waals surface area contributed by atoms with Gasteiger partial charge in [0, 0.05) is 24.2 Å². The number of fused-ring (bicyclic) bond motifs is 2. The number of halogens is 2. The van der Waals surface area contributed by atoms with Gasteiger partial charge in [-0.2, -0.15) is 13.7 Å². The summed E-state index contributed by atoms with van der Waals surface area (Å²) in [5.41, 5.74) is -4.29. The molecule has 6 N–H and O–H groups in total. The Bertz CT molecular complexity index is 581. The van der Waals surface area contributed by atoms with Crippen LogP contribution < -0.4 is 0 Å². The van der Waals surface area contributed by atoms with Crippen molar-refractivity contribution >= 4 is 0 Å². The summed E-state index contributed by atoms with van der Waals surface area (Å²) in [5.74, 6) is -9.78. The van der Waals surface area contributed by atoms with Crippen molar-refractivity contribution in [3.8, 4) is 0 Å². The number of hydrogen-bond acceptors (Lipinski definition) is 7. The molecule has 0 aromatic carbocycles. The minimum atomic E-state index is -3.39. The predicted octanol–water partition coefficient (Wildman–Crippen LogP) is 0.405. The fraction of sp³-hybridized carbons (Fsp3) is 0.875. The Labute approximate surface area is 144 Å². The molecule has 1 aliphatic carbocycles. The summed E-state index contributed by atoms with van der Waals surface area (Å²) in [5, 5.41) is 62.3. The van der Waals surface area contributed by atoms with Crippen LogP contribution in [0.4, 0.5) is 8.78 Å². The molecule has 7 nitrogen and oxygen atoms in total. The first-order chi connectivity index (χ1) is 11.3. The van der Waals surface area contributed by atoms with E-state index in [1.54, 1.807) is 0 Å². The van der Waals surface area contributed by atoms with Crippen molar-refractivity contribution in [3.63, 3.8) is 0 Å². The van der Waals surface area contributed by atoms with Crippen molar-refractivity contribution in [1.82, 2.24) is 4.90 Å². The van der Waals surface area contributed by atoms with Gasteiger partial charge in [-0.05, 0) is 12.8 Å². The smallest absolute Gasteiger partial charge is 0.276 e. The molecule has 25 heavy (non-hydrogen) atoms. The molecule has 2 saturated heterocycles. The van der Waals surface area contributed by atoms with Crippen LogP contribution in [-0.2, 0) is 0 Å². The van der Waals surface area contributed by atoms with Crippen LogP contribution in [0, 0.1) is 11.3 Å². The Morgan fingerprint density at radius 3 is 1.92 bits per heavy atom. The molecular formula is C16H27F2NO6. The molecule has 146 valence electrons. The van der Waals surface area contributed by atoms with E-state index in [4.69, 9.17) is 0 Å². The first-order valence-electron chi connectivity index (χ1n) is 8.46. The fourth-order valence-electron chi connectivity index (χ4n) is 4.61. The van der Waals surface area contributed by atoms with E-state index in [9.17, 15) is 39.4 Å². The highest BCUT2D eigenvalue weighted by Gasteiger charge is 2.86. The molecule has 0 amide bonds. The van der Waals surface area contributed by atoms with Gasteiger partial charge in [-0.1, -0.05) is 27.7 Å². The number of nitrogens with zero attached hydrogens (tertiary/aromatic N) is 1. The van der Waals surface area contributed by atoms with Gasteiger partial charge in [0.25, 0.3) is 12.0 Å². The Balaban J connectivity index is 0.00000109. The molecule has 9 heteroatoms. The van der Waals surface area contributed by atoms with Gasteiger partial charge in [0.05, 0.1) is 11.1 Å². The minimum absolute atomic E-state index is 0.245. The second-order valence-corrected chi connectivity index (χ2v) is 7.36. The standard InChI is InChI=1S/C14H21F2NO6.C2H6/c1-7(2)13(20,21)11-5-8(9(15)16)14(22,23)17(11)12(18,19)6-10(11)3-4-10;1-2/h7,18-23H,3-6H2,1-2H3;1-2H3. The van der Waals surface area contributed by atoms with Crippen molar-refractivity contribution < 1.29 is 39.4 Å². The maximum absolute atomic E-state index is 13.2. The normalized spacial score (nSPS) is 31.8. The van der Waals surface area contributed by atoms with Crippen molar-refractivity contribution in [2.45, 2.75) is 76.5 Å². The van der Waals surface area contributed by atoms with Crippen LogP contribution in [0.5, 0.6) is 0 Å². The van der Waals surface area contributed by atoms with Gasteiger partial charge in [0.2, 0.25) is 5.91 Å². The molecule has 1 spiro atoms. The van der Waals surface area contributed by atoms with Crippen LogP contribution in [0.15, 0.2) is 11.7 Å². The Hall–Kier alpha value is -0.680. The largest absolute Gasteiger partial charge is 0.364 e. The van der Waals surface area contributed by atoms with Crippen molar-refractivity contribution in [3.05, 3.63) is 11.7 Å². The first kappa shape index (κ1) is 20.6. The fourth-order valence-corrected chi connectivity index (χ4v) is 4.61. The molecule has 2 heterocycles. The Morgan fingerprint density at radius 2 is 1.56 bits per heavy atom. The maximum Gasteiger partial charge on any atom is 0.276 e. The molecule has 3 rings (SSSR count). The summed E-state index contributed by atoms with van der Waals surface area (Å²) in [6.45, 7) is 6.86. The van der Waals surface area contributed by atoms with Gasteiger partial charge < -0.3 is 30.6 Å². The van der Waals surface area contributed by atoms with Crippen molar-refractivity contribution in [2.24, 2.45) is 11.3 Å². The van der Waals surface area contributed by atoms with Crippen LogP contribution in [0.25, 0.3) is 0 Å². The predicted molar refractivity (Wildman–Crippen MR) is 82.4 cm³/mol. The third-order valence-electron chi connectivity index (χ3n) is 5.84. The lowest BCUT2D eigenvalue weighted by Gasteiger charge is -2.50. The van der Waals surface area contributed by atoms with Crippen molar-refractivity contribution in [1.29, 1.82) is 0 Å². The van der Waals surface area contributed by atoms with Gasteiger partial charge >= 0.3 is 0 Å². The van der Waals surface area contributed by atoms with E-state index in [0.717, 1.165) is 0 Å². The lowest BCUT2D eigenvalue weighted by atomic mass is 9.69. The number of rotatable bonds is 2. The van der Waals surface area contributed by atoms with Gasteiger partial charge in [0.15, 0.2) is 5.79 Å². The molecule has 2 aliphatic heterocycles. The van der Waals surface area contributed by atoms with Crippen LogP contribution >= 0.6 is 0 Å². The van der Waals surface area contributed by atoms with Crippen LogP contribution in [-0.4, -0.2) is 58.7 Å². The molecule has 0 radical (unpaired) electrons. The Morgan fingerprint density at radius 1 is 1.08 bits per heavy atom. The van der Waals surface area contributed by atoms with E-state index in [1.165, 1.54) is 13.8 Å². The molecule has 0 bridgehead atoms. The zero-order chi connectivity index (χ0) is 19.6. The third kappa shape index (κ3) is 2.34. The van der Waals surface area contributed by atoms with Gasteiger partial charge in [-0.25, -0.2) is 0 Å². The van der Waals surface area contributed by atoms with E-state index in [2.05, 4.69) is 0 Å². The zero-order valence-corrected chi connectivity index (χ0v) is 14.8. The molecule has 1 unspecified atom stereocenters. The minimum Gasteiger partial charge on any atom is -0.364 e. The lowest BCUT2D eigenvalue weighted by molar-refractivity contribution is -0.393. The van der Waals surface area contributed by atoms with E-state index in [0.29, 0.717) is 12.8 Å². The summed E-state index contributed by atoms with van der Waals surface area (Å²) in [7, 11) is 0. The summed E-state index contributed by atoms with van der Waals surface area (Å²) in [4.78, 5) is 0.245. The summed E-state index contributed by atoms with van der Waals surface area (Å²) >= 11 is 0. The van der Waals surface area contributed by atoms with E-state index in [1.807, 2.05) is 13.8 Å². The van der Waals surface area contributed by atoms with Gasteiger partial charge in [-0.3, -0.25) is 0 Å². The maximum atomic E-state index is 13.2. The first-order valence-corrected chi connectivity index (χ1v) is 8.46. The molecule has 0 aromatic rings. The molecular weight excluding hydrogens is 340 g/mol. The molecule has 3 fully saturated rings. The van der Waals surface area contributed by atoms with Crippen LogP contribution in [0.1, 0.15) is 53.4 Å². The zero-order valence-electron chi connectivity index (χ0n) is 14.8. The Kier molecular flexibility index (Phi) is 4.67. The van der Waals surface area contributed by atoms with Crippen LogP contribution in [0.3, 0.4) is 0 Å². The summed E-state index contributed by atoms with van der Waals surface area (Å²) < 4.78 is 26.5. The molecule has 1 atom stereocenters. The van der Waals surface area contributed by atoms with E-state index < -0.39 is 52.6 Å². The summed E-state index contributed by atoms with van der Waals surface area (Å²) in [6, 6.07) is 0. The average molecular weight is 367 g/mol. The van der Waals surface area contributed by atoms with E-state index >= 15 is 0 Å². The summed E-state index contributed by atoms with van der Waals surface area (Å²) in [6.07, 6.45) is -2.90. The average Bonchev–Trinajstić information content (AvgIpc) is 3.11. The highest BCUT2D eigenvalue weighted by molar-refractivity contribution is 5.38. The number of hydrogen-bond donors (Lipinski definition) is 6. The third-order valence-corrected chi connectivity index (χ3v) is 5.84. The second kappa shape index (κ2) is 5.66. The highest BCUT2D eigenvalue weighted by Crippen LogP contribution is 2.75. The van der Waals surface area contributed by atoms with Gasteiger partial charge in [-0.15, -0.1) is 0 Å². The molecule has 0 aromatic heterocycles. The monoisotopic (exact) mass is 367 g/mol. The van der Waals surface area contributed by atoms with E-state index in [-0.39, 0.29) is 11.3 Å². The second-order valence-electron chi connectivity index (χ2n) is 7.36. The quantitative estimate of drug-likeness (QED) is 0.391. The highest BCUT2D eigenvalue weighted by atomic mass is 19.3. The van der Waals surface area contributed by atoms with Crippen molar-refractivity contribution in [2.75, 3.05) is 0 Å². The van der Waals surface area contributed by atoms with Gasteiger partial charge in [0.1, 0.15) is 0 Å². The van der Waals surface area contributed by atoms with Crippen LogP contribution in [0.2, 0.25) is 0 Å². The molecule has 1 saturated carbocycles.